The Balaban J connectivity index is 1.54. The third-order valence-electron chi connectivity index (χ3n) is 4.06. The minimum atomic E-state index is 1.02. The number of rotatable bonds is 2. The van der Waals surface area contributed by atoms with Crippen LogP contribution in [0.5, 0.6) is 0 Å². The molecule has 3 nitrogen and oxygen atoms in total. The average Bonchev–Trinajstić information content (AvgIpc) is 3.04. The molecule has 1 saturated heterocycles. The number of anilines is 2. The molecule has 0 aliphatic carbocycles. The van der Waals surface area contributed by atoms with Crippen molar-refractivity contribution in [2.24, 2.45) is 0 Å². The molecule has 0 spiro atoms. The van der Waals surface area contributed by atoms with Crippen LogP contribution in [0.25, 0.3) is 10.1 Å². The van der Waals surface area contributed by atoms with Crippen LogP contribution >= 0.6 is 11.3 Å². The molecule has 0 amide bonds. The van der Waals surface area contributed by atoms with Crippen molar-refractivity contribution in [1.29, 1.82) is 0 Å². The quantitative estimate of drug-likeness (QED) is 0.720. The second-order valence-electron chi connectivity index (χ2n) is 5.28. The van der Waals surface area contributed by atoms with Crippen LogP contribution in [0.15, 0.2) is 54.0 Å². The summed E-state index contributed by atoms with van der Waals surface area (Å²) in [5.74, 6) is 1.14. The Morgan fingerprint density at radius 2 is 1.62 bits per heavy atom. The summed E-state index contributed by atoms with van der Waals surface area (Å²) in [7, 11) is 0. The highest BCUT2D eigenvalue weighted by Gasteiger charge is 2.19. The van der Waals surface area contributed by atoms with Crippen LogP contribution < -0.4 is 9.80 Å². The number of hydrogen-bond donors (Lipinski definition) is 0. The van der Waals surface area contributed by atoms with E-state index in [-0.39, 0.29) is 0 Å². The number of nitrogens with zero attached hydrogens (tertiary/aromatic N) is 3. The van der Waals surface area contributed by atoms with E-state index in [2.05, 4.69) is 62.6 Å². The Morgan fingerprint density at radius 1 is 0.857 bits per heavy atom. The van der Waals surface area contributed by atoms with Crippen LogP contribution in [0.4, 0.5) is 11.5 Å². The summed E-state index contributed by atoms with van der Waals surface area (Å²) >= 11 is 1.79. The second-order valence-corrected chi connectivity index (χ2v) is 6.22. The van der Waals surface area contributed by atoms with Crippen LogP contribution in [-0.2, 0) is 0 Å². The lowest BCUT2D eigenvalue weighted by molar-refractivity contribution is 0.649. The number of fused-ring (bicyclic) bond motifs is 1. The molecule has 4 heteroatoms. The van der Waals surface area contributed by atoms with Gasteiger partial charge in [-0.1, -0.05) is 18.2 Å². The predicted octanol–water partition coefficient (Wildman–Crippen LogP) is 3.62. The molecule has 21 heavy (non-hydrogen) atoms. The predicted molar refractivity (Wildman–Crippen MR) is 90.5 cm³/mol. The first-order valence-electron chi connectivity index (χ1n) is 7.29. The van der Waals surface area contributed by atoms with Gasteiger partial charge in [-0.15, -0.1) is 11.3 Å². The molecule has 0 unspecified atom stereocenters. The lowest BCUT2D eigenvalue weighted by atomic mass is 10.2. The van der Waals surface area contributed by atoms with E-state index in [1.54, 1.807) is 11.3 Å². The van der Waals surface area contributed by atoms with Crippen LogP contribution in [0.1, 0.15) is 0 Å². The molecular weight excluding hydrogens is 278 g/mol. The van der Waals surface area contributed by atoms with Gasteiger partial charge in [-0.25, -0.2) is 4.98 Å². The van der Waals surface area contributed by atoms with Gasteiger partial charge in [0.05, 0.1) is 0 Å². The molecule has 0 N–H and O–H groups in total. The zero-order valence-corrected chi connectivity index (χ0v) is 12.6. The Labute approximate surface area is 128 Å². The van der Waals surface area contributed by atoms with Gasteiger partial charge in [0, 0.05) is 48.1 Å². The summed E-state index contributed by atoms with van der Waals surface area (Å²) in [4.78, 5) is 9.47. The first kappa shape index (κ1) is 12.7. The zero-order valence-electron chi connectivity index (χ0n) is 11.8. The van der Waals surface area contributed by atoms with Crippen molar-refractivity contribution in [2.75, 3.05) is 36.0 Å². The molecule has 0 bridgehead atoms. The van der Waals surface area contributed by atoms with Gasteiger partial charge in [-0.2, -0.15) is 0 Å². The maximum Gasteiger partial charge on any atom is 0.137 e. The number of para-hydroxylation sites is 1. The van der Waals surface area contributed by atoms with E-state index in [9.17, 15) is 0 Å². The van der Waals surface area contributed by atoms with Crippen LogP contribution in [0, 0.1) is 0 Å². The van der Waals surface area contributed by atoms with E-state index in [0.717, 1.165) is 32.0 Å². The van der Waals surface area contributed by atoms with Gasteiger partial charge in [0.15, 0.2) is 0 Å². The van der Waals surface area contributed by atoms with Crippen LogP contribution in [0.3, 0.4) is 0 Å². The number of aromatic nitrogens is 1. The monoisotopic (exact) mass is 295 g/mol. The Morgan fingerprint density at radius 3 is 2.43 bits per heavy atom. The smallest absolute Gasteiger partial charge is 0.137 e. The third-order valence-corrected chi connectivity index (χ3v) is 4.94. The minimum absolute atomic E-state index is 1.02. The second kappa shape index (κ2) is 5.37. The fourth-order valence-corrected chi connectivity index (χ4v) is 3.72. The average molecular weight is 295 g/mol. The molecular formula is C17H17N3S. The van der Waals surface area contributed by atoms with Gasteiger partial charge in [0.2, 0.25) is 0 Å². The van der Waals surface area contributed by atoms with Gasteiger partial charge < -0.3 is 9.80 Å². The van der Waals surface area contributed by atoms with Gasteiger partial charge in [-0.05, 0) is 29.6 Å². The molecule has 0 radical (unpaired) electrons. The van der Waals surface area contributed by atoms with Crippen molar-refractivity contribution in [1.82, 2.24) is 4.98 Å². The molecule has 4 rings (SSSR count). The number of thiophene rings is 1. The fraction of sp³-hybridized carbons (Fsp3) is 0.235. The molecule has 1 aliphatic heterocycles. The lowest BCUT2D eigenvalue weighted by Crippen LogP contribution is -2.46. The Kier molecular flexibility index (Phi) is 3.24. The molecule has 1 aliphatic rings. The number of pyridine rings is 1. The fourth-order valence-electron chi connectivity index (χ4n) is 2.95. The number of benzene rings is 1. The zero-order chi connectivity index (χ0) is 14.1. The highest BCUT2D eigenvalue weighted by atomic mass is 32.1. The highest BCUT2D eigenvalue weighted by molar-refractivity contribution is 7.17. The van der Waals surface area contributed by atoms with E-state index in [4.69, 9.17) is 0 Å². The normalized spacial score (nSPS) is 15.6. The maximum atomic E-state index is 4.61. The van der Waals surface area contributed by atoms with Crippen molar-refractivity contribution in [3.05, 3.63) is 54.0 Å². The van der Waals surface area contributed by atoms with Crippen molar-refractivity contribution < 1.29 is 0 Å². The standard InChI is InChI=1S/C17H17N3S/c1-2-4-14(5-3-1)19-9-11-20(12-10-19)17-15-7-13-21-16(15)6-8-18-17/h1-8,13H,9-12H2. The summed E-state index contributed by atoms with van der Waals surface area (Å²) in [6.45, 7) is 4.14. The molecule has 3 aromatic rings. The molecule has 1 fully saturated rings. The molecule has 1 aromatic carbocycles. The van der Waals surface area contributed by atoms with Gasteiger partial charge >= 0.3 is 0 Å². The molecule has 3 heterocycles. The van der Waals surface area contributed by atoms with Crippen molar-refractivity contribution in [3.63, 3.8) is 0 Å². The maximum absolute atomic E-state index is 4.61. The van der Waals surface area contributed by atoms with E-state index in [1.807, 2.05) is 6.20 Å². The molecule has 106 valence electrons. The highest BCUT2D eigenvalue weighted by Crippen LogP contribution is 2.29. The lowest BCUT2D eigenvalue weighted by Gasteiger charge is -2.37. The van der Waals surface area contributed by atoms with Crippen LogP contribution in [0.2, 0.25) is 0 Å². The van der Waals surface area contributed by atoms with E-state index < -0.39 is 0 Å². The third kappa shape index (κ3) is 2.36. The number of piperazine rings is 1. The first-order chi connectivity index (χ1) is 10.4. The summed E-state index contributed by atoms with van der Waals surface area (Å²) < 4.78 is 1.32. The van der Waals surface area contributed by atoms with Crippen LogP contribution in [-0.4, -0.2) is 31.2 Å². The van der Waals surface area contributed by atoms with Crippen molar-refractivity contribution in [2.45, 2.75) is 0 Å². The molecule has 0 saturated carbocycles. The summed E-state index contributed by atoms with van der Waals surface area (Å²) in [5.41, 5.74) is 1.32. The topological polar surface area (TPSA) is 19.4 Å². The van der Waals surface area contributed by atoms with Gasteiger partial charge in [0.25, 0.3) is 0 Å². The van der Waals surface area contributed by atoms with E-state index in [1.165, 1.54) is 15.8 Å². The first-order valence-corrected chi connectivity index (χ1v) is 8.17. The van der Waals surface area contributed by atoms with E-state index >= 15 is 0 Å². The van der Waals surface area contributed by atoms with Crippen molar-refractivity contribution in [3.8, 4) is 0 Å². The molecule has 2 aromatic heterocycles. The van der Waals surface area contributed by atoms with E-state index in [0.29, 0.717) is 0 Å². The largest absolute Gasteiger partial charge is 0.368 e. The summed E-state index contributed by atoms with van der Waals surface area (Å²) in [6, 6.07) is 14.9. The minimum Gasteiger partial charge on any atom is -0.368 e. The number of hydrogen-bond acceptors (Lipinski definition) is 4. The van der Waals surface area contributed by atoms with Gasteiger partial charge in [0.1, 0.15) is 5.82 Å². The SMILES string of the molecule is c1ccc(N2CCN(c3nccc4sccc34)CC2)cc1. The Bertz CT molecular complexity index is 730. The Hall–Kier alpha value is -2.07. The van der Waals surface area contributed by atoms with Crippen molar-refractivity contribution >= 4 is 32.9 Å². The summed E-state index contributed by atoms with van der Waals surface area (Å²) in [6.07, 6.45) is 1.93. The molecule has 0 atom stereocenters. The summed E-state index contributed by atoms with van der Waals surface area (Å²) in [5, 5.41) is 3.44. The van der Waals surface area contributed by atoms with Gasteiger partial charge in [-0.3, -0.25) is 0 Å².